The molecule has 3 aromatic rings. The van der Waals surface area contributed by atoms with Gasteiger partial charge in [0.25, 0.3) is 0 Å². The molecule has 27 heavy (non-hydrogen) atoms. The van der Waals surface area contributed by atoms with E-state index in [1.165, 1.54) is 0 Å². The topological polar surface area (TPSA) is 84.2 Å². The number of amides is 2. The van der Waals surface area contributed by atoms with Gasteiger partial charge >= 0.3 is 6.03 Å². The molecule has 0 spiro atoms. The van der Waals surface area contributed by atoms with Crippen molar-refractivity contribution in [3.8, 4) is 10.6 Å². The number of thiazole rings is 1. The van der Waals surface area contributed by atoms with Crippen LogP contribution in [0.4, 0.5) is 4.79 Å². The van der Waals surface area contributed by atoms with E-state index in [4.69, 9.17) is 4.52 Å². The zero-order valence-electron chi connectivity index (χ0n) is 15.1. The summed E-state index contributed by atoms with van der Waals surface area (Å²) in [5, 5.41) is 7.83. The van der Waals surface area contributed by atoms with Gasteiger partial charge in [0, 0.05) is 42.6 Å². The highest BCUT2D eigenvalue weighted by atomic mass is 32.1. The first-order chi connectivity index (χ1) is 13.2. The first-order valence-electron chi connectivity index (χ1n) is 9.00. The summed E-state index contributed by atoms with van der Waals surface area (Å²) in [5.41, 5.74) is 1.09. The molecule has 0 radical (unpaired) electrons. The van der Waals surface area contributed by atoms with Gasteiger partial charge in [-0.15, -0.1) is 11.3 Å². The van der Waals surface area contributed by atoms with Gasteiger partial charge < -0.3 is 14.7 Å². The Labute approximate surface area is 161 Å². The molecule has 0 aliphatic heterocycles. The third-order valence-electron chi connectivity index (χ3n) is 4.36. The molecule has 0 saturated heterocycles. The van der Waals surface area contributed by atoms with E-state index in [1.54, 1.807) is 23.3 Å². The molecule has 4 rings (SSSR count). The van der Waals surface area contributed by atoms with Gasteiger partial charge in [0.15, 0.2) is 5.82 Å². The minimum Gasteiger partial charge on any atom is -0.339 e. The molecule has 0 unspecified atom stereocenters. The average Bonchev–Trinajstić information content (AvgIpc) is 3.25. The molecule has 2 heterocycles. The van der Waals surface area contributed by atoms with Crippen LogP contribution in [0.5, 0.6) is 0 Å². The Morgan fingerprint density at radius 2 is 2.15 bits per heavy atom. The Bertz CT molecular complexity index is 904. The summed E-state index contributed by atoms with van der Waals surface area (Å²) in [7, 11) is 1.77. The lowest BCUT2D eigenvalue weighted by Crippen LogP contribution is -2.37. The maximum atomic E-state index is 12.3. The fourth-order valence-corrected chi connectivity index (χ4v) is 3.66. The number of hydrogen-bond acceptors (Lipinski definition) is 6. The molecule has 0 atom stereocenters. The van der Waals surface area contributed by atoms with Crippen LogP contribution in [0.15, 0.2) is 41.1 Å². The summed E-state index contributed by atoms with van der Waals surface area (Å²) in [6.45, 7) is 0.982. The van der Waals surface area contributed by atoms with E-state index in [-0.39, 0.29) is 6.03 Å². The van der Waals surface area contributed by atoms with Crippen LogP contribution >= 0.6 is 11.3 Å². The van der Waals surface area contributed by atoms with Crippen molar-refractivity contribution in [1.29, 1.82) is 0 Å². The SMILES string of the molecule is CN(Cc1cnc(-c2ccccc2)s1)C(=O)NCCc1nc(C2CC2)no1. The normalized spacial score (nSPS) is 13.5. The van der Waals surface area contributed by atoms with Gasteiger partial charge in [0.05, 0.1) is 6.54 Å². The Morgan fingerprint density at radius 1 is 1.33 bits per heavy atom. The van der Waals surface area contributed by atoms with Gasteiger partial charge in [-0.2, -0.15) is 4.98 Å². The largest absolute Gasteiger partial charge is 0.339 e. The highest BCUT2D eigenvalue weighted by molar-refractivity contribution is 7.15. The molecule has 1 aliphatic rings. The lowest BCUT2D eigenvalue weighted by molar-refractivity contribution is 0.207. The van der Waals surface area contributed by atoms with Crippen molar-refractivity contribution in [3.63, 3.8) is 0 Å². The van der Waals surface area contributed by atoms with Crippen LogP contribution in [0.2, 0.25) is 0 Å². The van der Waals surface area contributed by atoms with E-state index < -0.39 is 0 Å². The third kappa shape index (κ3) is 4.51. The Morgan fingerprint density at radius 3 is 2.93 bits per heavy atom. The fourth-order valence-electron chi connectivity index (χ4n) is 2.69. The maximum absolute atomic E-state index is 12.3. The number of hydrogen-bond donors (Lipinski definition) is 1. The highest BCUT2D eigenvalue weighted by Crippen LogP contribution is 2.38. The Balaban J connectivity index is 1.24. The lowest BCUT2D eigenvalue weighted by Gasteiger charge is -2.16. The van der Waals surface area contributed by atoms with E-state index in [9.17, 15) is 4.79 Å². The number of urea groups is 1. The van der Waals surface area contributed by atoms with Crippen molar-refractivity contribution in [2.24, 2.45) is 0 Å². The van der Waals surface area contributed by atoms with E-state index in [1.807, 2.05) is 36.5 Å². The number of carbonyl (C=O) groups excluding carboxylic acids is 1. The van der Waals surface area contributed by atoms with Crippen LogP contribution in [0.3, 0.4) is 0 Å². The molecule has 1 fully saturated rings. The number of nitrogens with one attached hydrogen (secondary N) is 1. The van der Waals surface area contributed by atoms with Gasteiger partial charge in [0.2, 0.25) is 5.89 Å². The van der Waals surface area contributed by atoms with Gasteiger partial charge in [-0.1, -0.05) is 35.5 Å². The zero-order chi connectivity index (χ0) is 18.6. The Kier molecular flexibility index (Phi) is 5.15. The van der Waals surface area contributed by atoms with Crippen LogP contribution in [-0.4, -0.2) is 39.6 Å². The monoisotopic (exact) mass is 383 g/mol. The van der Waals surface area contributed by atoms with Gasteiger partial charge in [0.1, 0.15) is 5.01 Å². The zero-order valence-corrected chi connectivity index (χ0v) is 15.9. The summed E-state index contributed by atoms with van der Waals surface area (Å²) in [4.78, 5) is 23.8. The van der Waals surface area contributed by atoms with Crippen molar-refractivity contribution in [1.82, 2.24) is 25.3 Å². The van der Waals surface area contributed by atoms with Crippen molar-refractivity contribution < 1.29 is 9.32 Å². The predicted octanol–water partition coefficient (Wildman–Crippen LogP) is 3.45. The summed E-state index contributed by atoms with van der Waals surface area (Å²) >= 11 is 1.60. The summed E-state index contributed by atoms with van der Waals surface area (Å²) < 4.78 is 5.22. The molecule has 1 N–H and O–H groups in total. The van der Waals surface area contributed by atoms with E-state index in [0.29, 0.717) is 31.3 Å². The second kappa shape index (κ2) is 7.87. The number of nitrogens with zero attached hydrogens (tertiary/aromatic N) is 4. The number of benzene rings is 1. The predicted molar refractivity (Wildman–Crippen MR) is 102 cm³/mol. The van der Waals surface area contributed by atoms with Gasteiger partial charge in [-0.3, -0.25) is 0 Å². The van der Waals surface area contributed by atoms with E-state index >= 15 is 0 Å². The molecule has 2 aromatic heterocycles. The van der Waals surface area contributed by atoms with Crippen LogP contribution in [0, 0.1) is 0 Å². The van der Waals surface area contributed by atoms with Gasteiger partial charge in [-0.25, -0.2) is 9.78 Å². The summed E-state index contributed by atoms with van der Waals surface area (Å²) in [6, 6.07) is 9.90. The molecule has 1 aromatic carbocycles. The average molecular weight is 383 g/mol. The van der Waals surface area contributed by atoms with E-state index in [0.717, 1.165) is 34.1 Å². The number of carbonyl (C=O) groups is 1. The molecular formula is C19H21N5O2S. The Hall–Kier alpha value is -2.74. The molecule has 7 nitrogen and oxygen atoms in total. The smallest absolute Gasteiger partial charge is 0.317 e. The number of rotatable bonds is 7. The number of aromatic nitrogens is 3. The van der Waals surface area contributed by atoms with Crippen molar-refractivity contribution in [2.75, 3.05) is 13.6 Å². The fraction of sp³-hybridized carbons (Fsp3) is 0.368. The highest BCUT2D eigenvalue weighted by Gasteiger charge is 2.28. The van der Waals surface area contributed by atoms with E-state index in [2.05, 4.69) is 20.4 Å². The first kappa shape index (κ1) is 17.7. The quantitative estimate of drug-likeness (QED) is 0.675. The molecule has 2 amide bonds. The second-order valence-electron chi connectivity index (χ2n) is 6.66. The third-order valence-corrected chi connectivity index (χ3v) is 5.39. The minimum atomic E-state index is -0.133. The van der Waals surface area contributed by atoms with Crippen molar-refractivity contribution in [3.05, 3.63) is 53.1 Å². The molecule has 8 heteroatoms. The molecular weight excluding hydrogens is 362 g/mol. The van der Waals surface area contributed by atoms with Crippen LogP contribution in [-0.2, 0) is 13.0 Å². The first-order valence-corrected chi connectivity index (χ1v) is 9.82. The van der Waals surface area contributed by atoms with Crippen LogP contribution < -0.4 is 5.32 Å². The standard InChI is InChI=1S/C19H21N5O2S/c1-24(12-15-11-21-18(27-15)14-5-3-2-4-6-14)19(25)20-10-9-16-22-17(23-26-16)13-7-8-13/h2-6,11,13H,7-10,12H2,1H3,(H,20,25). The maximum Gasteiger partial charge on any atom is 0.317 e. The van der Waals surface area contributed by atoms with Crippen molar-refractivity contribution >= 4 is 17.4 Å². The minimum absolute atomic E-state index is 0.133. The molecule has 140 valence electrons. The molecule has 1 aliphatic carbocycles. The van der Waals surface area contributed by atoms with Crippen LogP contribution in [0.1, 0.15) is 35.4 Å². The molecule has 1 saturated carbocycles. The van der Waals surface area contributed by atoms with Crippen LogP contribution in [0.25, 0.3) is 10.6 Å². The lowest BCUT2D eigenvalue weighted by atomic mass is 10.2. The summed E-state index contributed by atoms with van der Waals surface area (Å²) in [5.74, 6) is 1.85. The second-order valence-corrected chi connectivity index (χ2v) is 7.77. The van der Waals surface area contributed by atoms with Gasteiger partial charge in [-0.05, 0) is 12.8 Å². The van der Waals surface area contributed by atoms with Crippen molar-refractivity contribution in [2.45, 2.75) is 31.7 Å². The summed E-state index contributed by atoms with van der Waals surface area (Å²) in [6.07, 6.45) is 4.65. The molecule has 0 bridgehead atoms.